The Labute approximate surface area is 55.5 Å². The molecule has 1 saturated carbocycles. The summed E-state index contributed by atoms with van der Waals surface area (Å²) in [5.41, 5.74) is 0.0133. The summed E-state index contributed by atoms with van der Waals surface area (Å²) in [6, 6.07) is 0. The van der Waals surface area contributed by atoms with Crippen molar-refractivity contribution >= 4 is 0 Å². The highest BCUT2D eigenvalue weighted by Crippen LogP contribution is 2.36. The smallest absolute Gasteiger partial charge is 0.0546 e. The van der Waals surface area contributed by atoms with Crippen LogP contribution in [0.15, 0.2) is 0 Å². The number of aliphatic hydroxyl groups excluding tert-OH is 2. The molecule has 0 spiro atoms. The summed E-state index contributed by atoms with van der Waals surface area (Å²) in [5.74, 6) is 0. The second-order valence-electron chi connectivity index (χ2n) is 3.37. The first-order valence-corrected chi connectivity index (χ1v) is 3.45. The summed E-state index contributed by atoms with van der Waals surface area (Å²) >= 11 is 0. The predicted octanol–water partition coefficient (Wildman–Crippen LogP) is 0.530. The number of rotatable bonds is 1. The van der Waals surface area contributed by atoms with Crippen LogP contribution in [0, 0.1) is 5.41 Å². The van der Waals surface area contributed by atoms with Crippen LogP contribution in [0.1, 0.15) is 26.2 Å². The van der Waals surface area contributed by atoms with Crippen molar-refractivity contribution in [1.82, 2.24) is 0 Å². The molecule has 2 heteroatoms. The first-order valence-electron chi connectivity index (χ1n) is 3.45. The fourth-order valence-corrected chi connectivity index (χ4v) is 1.43. The van der Waals surface area contributed by atoms with Crippen LogP contribution in [0.4, 0.5) is 0 Å². The van der Waals surface area contributed by atoms with Gasteiger partial charge in [-0.3, -0.25) is 0 Å². The second-order valence-corrected chi connectivity index (χ2v) is 3.37. The van der Waals surface area contributed by atoms with Gasteiger partial charge in [0, 0.05) is 6.61 Å². The number of aliphatic hydroxyl groups is 2. The lowest BCUT2D eigenvalue weighted by molar-refractivity contribution is 0.117. The standard InChI is InChI=1S/C7H14O2/c1-7(5-8)3-2-6(9)4-7/h6,8-9H,2-5H2,1H3. The van der Waals surface area contributed by atoms with Crippen molar-refractivity contribution in [3.63, 3.8) is 0 Å². The maximum absolute atomic E-state index is 9.08. The molecule has 1 rings (SSSR count). The molecule has 0 aromatic heterocycles. The quantitative estimate of drug-likeness (QED) is 0.543. The molecule has 0 amide bonds. The highest BCUT2D eigenvalue weighted by molar-refractivity contribution is 4.84. The number of hydrogen-bond acceptors (Lipinski definition) is 2. The summed E-state index contributed by atoms with van der Waals surface area (Å²) in [6.45, 7) is 2.23. The lowest BCUT2D eigenvalue weighted by Gasteiger charge is -2.18. The fourth-order valence-electron chi connectivity index (χ4n) is 1.43. The van der Waals surface area contributed by atoms with Gasteiger partial charge in [0.15, 0.2) is 0 Å². The lowest BCUT2D eigenvalue weighted by Crippen LogP contribution is -2.17. The Hall–Kier alpha value is -0.0800. The molecule has 2 N–H and O–H groups in total. The van der Waals surface area contributed by atoms with Gasteiger partial charge in [-0.05, 0) is 24.7 Å². The summed E-state index contributed by atoms with van der Waals surface area (Å²) < 4.78 is 0. The Morgan fingerprint density at radius 1 is 1.67 bits per heavy atom. The van der Waals surface area contributed by atoms with Crippen LogP contribution in [-0.4, -0.2) is 22.9 Å². The number of hydrogen-bond donors (Lipinski definition) is 2. The van der Waals surface area contributed by atoms with Gasteiger partial charge in [-0.1, -0.05) is 6.92 Å². The maximum atomic E-state index is 9.08. The van der Waals surface area contributed by atoms with E-state index in [9.17, 15) is 0 Å². The van der Waals surface area contributed by atoms with Crippen molar-refractivity contribution < 1.29 is 10.2 Å². The zero-order valence-corrected chi connectivity index (χ0v) is 5.80. The van der Waals surface area contributed by atoms with E-state index in [1.807, 2.05) is 6.92 Å². The van der Waals surface area contributed by atoms with E-state index in [4.69, 9.17) is 10.2 Å². The highest BCUT2D eigenvalue weighted by Gasteiger charge is 2.33. The molecule has 0 aromatic rings. The van der Waals surface area contributed by atoms with Crippen molar-refractivity contribution in [1.29, 1.82) is 0 Å². The highest BCUT2D eigenvalue weighted by atomic mass is 16.3. The van der Waals surface area contributed by atoms with Crippen molar-refractivity contribution in [2.75, 3.05) is 6.61 Å². The minimum absolute atomic E-state index is 0.0133. The predicted molar refractivity (Wildman–Crippen MR) is 35.1 cm³/mol. The van der Waals surface area contributed by atoms with Crippen molar-refractivity contribution in [3.05, 3.63) is 0 Å². The van der Waals surface area contributed by atoms with Crippen molar-refractivity contribution in [2.45, 2.75) is 32.3 Å². The topological polar surface area (TPSA) is 40.5 Å². The summed E-state index contributed by atoms with van der Waals surface area (Å²) in [5, 5.41) is 17.9. The van der Waals surface area contributed by atoms with Crippen LogP contribution in [0.5, 0.6) is 0 Å². The molecular weight excluding hydrogens is 116 g/mol. The molecular formula is C7H14O2. The normalized spacial score (nSPS) is 43.7. The van der Waals surface area contributed by atoms with E-state index in [2.05, 4.69) is 0 Å². The first kappa shape index (κ1) is 7.03. The molecule has 0 aliphatic heterocycles. The van der Waals surface area contributed by atoms with Gasteiger partial charge in [-0.15, -0.1) is 0 Å². The van der Waals surface area contributed by atoms with E-state index >= 15 is 0 Å². The summed E-state index contributed by atoms with van der Waals surface area (Å²) in [7, 11) is 0. The van der Waals surface area contributed by atoms with E-state index < -0.39 is 0 Å². The molecule has 1 aliphatic rings. The molecule has 0 radical (unpaired) electrons. The lowest BCUT2D eigenvalue weighted by atomic mass is 9.90. The van der Waals surface area contributed by atoms with E-state index in [1.54, 1.807) is 0 Å². The monoisotopic (exact) mass is 130 g/mol. The Kier molecular flexibility index (Phi) is 1.78. The molecule has 1 aliphatic carbocycles. The van der Waals surface area contributed by atoms with Gasteiger partial charge in [0.05, 0.1) is 6.10 Å². The van der Waals surface area contributed by atoms with Gasteiger partial charge in [0.2, 0.25) is 0 Å². The Balaban J connectivity index is 2.45. The fraction of sp³-hybridized carbons (Fsp3) is 1.00. The van der Waals surface area contributed by atoms with Crippen LogP contribution in [0.2, 0.25) is 0 Å². The third-order valence-electron chi connectivity index (χ3n) is 2.19. The van der Waals surface area contributed by atoms with Crippen molar-refractivity contribution in [3.8, 4) is 0 Å². The van der Waals surface area contributed by atoms with Gasteiger partial charge in [-0.2, -0.15) is 0 Å². The molecule has 2 atom stereocenters. The van der Waals surface area contributed by atoms with E-state index in [0.29, 0.717) is 0 Å². The molecule has 0 bridgehead atoms. The minimum Gasteiger partial charge on any atom is -0.396 e. The van der Waals surface area contributed by atoms with E-state index in [1.165, 1.54) is 0 Å². The molecule has 54 valence electrons. The minimum atomic E-state index is -0.165. The van der Waals surface area contributed by atoms with E-state index in [0.717, 1.165) is 19.3 Å². The summed E-state index contributed by atoms with van der Waals surface area (Å²) in [4.78, 5) is 0. The molecule has 0 aromatic carbocycles. The average molecular weight is 130 g/mol. The molecule has 2 nitrogen and oxygen atoms in total. The first-order chi connectivity index (χ1) is 4.16. The van der Waals surface area contributed by atoms with Crippen LogP contribution in [0.25, 0.3) is 0 Å². The maximum Gasteiger partial charge on any atom is 0.0546 e. The third-order valence-corrected chi connectivity index (χ3v) is 2.19. The van der Waals surface area contributed by atoms with Crippen LogP contribution in [0.3, 0.4) is 0 Å². The SMILES string of the molecule is CC1(CO)CCC(O)C1. The zero-order chi connectivity index (χ0) is 6.91. The van der Waals surface area contributed by atoms with Crippen molar-refractivity contribution in [2.24, 2.45) is 5.41 Å². The second kappa shape index (κ2) is 2.27. The largest absolute Gasteiger partial charge is 0.396 e. The molecule has 1 fully saturated rings. The van der Waals surface area contributed by atoms with Crippen LogP contribution < -0.4 is 0 Å². The Morgan fingerprint density at radius 3 is 2.56 bits per heavy atom. The third kappa shape index (κ3) is 1.43. The molecule has 0 saturated heterocycles. The average Bonchev–Trinajstić information content (AvgIpc) is 2.13. The Bertz CT molecular complexity index is 103. The van der Waals surface area contributed by atoms with Crippen LogP contribution >= 0.6 is 0 Å². The Morgan fingerprint density at radius 2 is 2.33 bits per heavy atom. The molecule has 9 heavy (non-hydrogen) atoms. The van der Waals surface area contributed by atoms with Gasteiger partial charge < -0.3 is 10.2 Å². The van der Waals surface area contributed by atoms with Gasteiger partial charge in [-0.25, -0.2) is 0 Å². The summed E-state index contributed by atoms with van der Waals surface area (Å²) in [6.07, 6.45) is 2.42. The molecule has 0 heterocycles. The van der Waals surface area contributed by atoms with Crippen LogP contribution in [-0.2, 0) is 0 Å². The van der Waals surface area contributed by atoms with Gasteiger partial charge >= 0.3 is 0 Å². The van der Waals surface area contributed by atoms with Gasteiger partial charge in [0.25, 0.3) is 0 Å². The van der Waals surface area contributed by atoms with E-state index in [-0.39, 0.29) is 18.1 Å². The zero-order valence-electron chi connectivity index (χ0n) is 5.80. The van der Waals surface area contributed by atoms with Gasteiger partial charge in [0.1, 0.15) is 0 Å². The molecule has 2 unspecified atom stereocenters.